The molecule has 2 aromatic carbocycles. The van der Waals surface area contributed by atoms with Gasteiger partial charge in [0.05, 0.1) is 10.6 Å². The molecule has 3 rings (SSSR count). The van der Waals surface area contributed by atoms with E-state index >= 15 is 0 Å². The molecule has 0 aliphatic heterocycles. The van der Waals surface area contributed by atoms with Gasteiger partial charge in [-0.1, -0.05) is 42.0 Å². The van der Waals surface area contributed by atoms with Gasteiger partial charge in [0.25, 0.3) is 10.0 Å². The van der Waals surface area contributed by atoms with Gasteiger partial charge in [-0.15, -0.1) is 11.3 Å². The molecule has 0 atom stereocenters. The number of hydrogen-bond donors (Lipinski definition) is 2. The van der Waals surface area contributed by atoms with E-state index in [0.29, 0.717) is 17.4 Å². The van der Waals surface area contributed by atoms with E-state index in [9.17, 15) is 13.2 Å². The average molecular weight is 402 g/mol. The topological polar surface area (TPSA) is 88.2 Å². The van der Waals surface area contributed by atoms with E-state index in [1.54, 1.807) is 29.6 Å². The first-order chi connectivity index (χ1) is 12.8. The Morgan fingerprint density at radius 2 is 1.74 bits per heavy atom. The lowest BCUT2D eigenvalue weighted by atomic mass is 10.1. The van der Waals surface area contributed by atoms with Gasteiger partial charge in [-0.3, -0.25) is 9.52 Å². The van der Waals surface area contributed by atoms with E-state index in [0.717, 1.165) is 16.7 Å². The molecule has 0 aliphatic rings. The van der Waals surface area contributed by atoms with Gasteiger partial charge in [0.2, 0.25) is 5.91 Å². The first-order valence-electron chi connectivity index (χ1n) is 8.22. The molecule has 3 aromatic rings. The Kier molecular flexibility index (Phi) is 5.57. The predicted octanol–water partition coefficient (Wildman–Crippen LogP) is 3.56. The number of nitrogens with zero attached hydrogens (tertiary/aromatic N) is 1. The number of carbonyl (C=O) groups excluding carboxylic acids is 1. The molecule has 6 nitrogen and oxygen atoms in total. The first kappa shape index (κ1) is 19.1. The van der Waals surface area contributed by atoms with Gasteiger partial charge >= 0.3 is 0 Å². The second-order valence-corrected chi connectivity index (χ2v) is 8.60. The fourth-order valence-corrected chi connectivity index (χ4v) is 4.34. The molecule has 2 N–H and O–H groups in total. The average Bonchev–Trinajstić information content (AvgIpc) is 3.08. The molecular weight excluding hydrogens is 382 g/mol. The Bertz CT molecular complexity index is 1040. The number of amides is 1. The summed E-state index contributed by atoms with van der Waals surface area (Å²) in [5.41, 5.74) is 3.53. The van der Waals surface area contributed by atoms with Crippen LogP contribution in [-0.4, -0.2) is 19.3 Å². The molecular formula is C19H19N3O3S2. The van der Waals surface area contributed by atoms with Crippen molar-refractivity contribution in [3.05, 3.63) is 65.0 Å². The molecule has 1 amide bonds. The number of nitrogens with one attached hydrogen (secondary N) is 2. The summed E-state index contributed by atoms with van der Waals surface area (Å²) in [6.45, 7) is 3.84. The molecule has 1 aromatic heterocycles. The van der Waals surface area contributed by atoms with Crippen molar-refractivity contribution in [3.8, 4) is 11.3 Å². The van der Waals surface area contributed by atoms with E-state index in [1.807, 2.05) is 31.2 Å². The van der Waals surface area contributed by atoms with Crippen molar-refractivity contribution in [2.45, 2.75) is 25.3 Å². The molecule has 0 spiro atoms. The second-order valence-electron chi connectivity index (χ2n) is 6.06. The molecule has 140 valence electrons. The third kappa shape index (κ3) is 4.93. The molecule has 1 heterocycles. The van der Waals surface area contributed by atoms with Gasteiger partial charge < -0.3 is 5.32 Å². The van der Waals surface area contributed by atoms with Crippen LogP contribution in [-0.2, 0) is 21.4 Å². The molecule has 27 heavy (non-hydrogen) atoms. The van der Waals surface area contributed by atoms with Crippen LogP contribution in [0.3, 0.4) is 0 Å². The standard InChI is InChI=1S/C19H19N3O3S2/c1-13-3-9-17(10-4-13)27(24,25)22-19-21-18(12-26-19)16-7-5-15(6-8-16)11-20-14(2)23/h3-10,12H,11H2,1-2H3,(H,20,23)(H,21,22). The van der Waals surface area contributed by atoms with Crippen LogP contribution in [0.25, 0.3) is 11.3 Å². The maximum atomic E-state index is 12.5. The lowest BCUT2D eigenvalue weighted by molar-refractivity contribution is -0.119. The number of benzene rings is 2. The molecule has 0 saturated carbocycles. The smallest absolute Gasteiger partial charge is 0.263 e. The number of carbonyl (C=O) groups is 1. The Morgan fingerprint density at radius 3 is 2.37 bits per heavy atom. The highest BCUT2D eigenvalue weighted by Crippen LogP contribution is 2.27. The van der Waals surface area contributed by atoms with Crippen molar-refractivity contribution in [2.24, 2.45) is 0 Å². The van der Waals surface area contributed by atoms with Gasteiger partial charge in [0, 0.05) is 24.4 Å². The van der Waals surface area contributed by atoms with Crippen molar-refractivity contribution in [3.63, 3.8) is 0 Å². The number of aromatic nitrogens is 1. The van der Waals surface area contributed by atoms with Crippen LogP contribution in [0.1, 0.15) is 18.1 Å². The Balaban J connectivity index is 1.72. The van der Waals surface area contributed by atoms with Crippen LogP contribution in [0.5, 0.6) is 0 Å². The van der Waals surface area contributed by atoms with Crippen molar-refractivity contribution < 1.29 is 13.2 Å². The zero-order valence-electron chi connectivity index (χ0n) is 14.9. The van der Waals surface area contributed by atoms with Crippen LogP contribution in [0.15, 0.2) is 58.8 Å². The SMILES string of the molecule is CC(=O)NCc1ccc(-c2csc(NS(=O)(=O)c3ccc(C)cc3)n2)cc1. The Hall–Kier alpha value is -2.71. The van der Waals surface area contributed by atoms with Gasteiger partial charge in [0.1, 0.15) is 0 Å². The summed E-state index contributed by atoms with van der Waals surface area (Å²) < 4.78 is 27.4. The fourth-order valence-electron chi connectivity index (χ4n) is 2.36. The van der Waals surface area contributed by atoms with E-state index in [2.05, 4.69) is 15.0 Å². The van der Waals surface area contributed by atoms with Gasteiger partial charge in [-0.25, -0.2) is 13.4 Å². The predicted molar refractivity (Wildman–Crippen MR) is 107 cm³/mol. The number of anilines is 1. The van der Waals surface area contributed by atoms with Crippen molar-refractivity contribution in [1.29, 1.82) is 0 Å². The lowest BCUT2D eigenvalue weighted by Crippen LogP contribution is -2.18. The highest BCUT2D eigenvalue weighted by molar-refractivity contribution is 7.93. The molecule has 0 unspecified atom stereocenters. The highest BCUT2D eigenvalue weighted by atomic mass is 32.2. The summed E-state index contributed by atoms with van der Waals surface area (Å²) >= 11 is 1.23. The molecule has 8 heteroatoms. The quantitative estimate of drug-likeness (QED) is 0.661. The zero-order chi connectivity index (χ0) is 19.4. The molecule has 0 radical (unpaired) electrons. The monoisotopic (exact) mass is 401 g/mol. The molecule has 0 bridgehead atoms. The van der Waals surface area contributed by atoms with Crippen LogP contribution in [0, 0.1) is 6.92 Å². The van der Waals surface area contributed by atoms with Crippen molar-refractivity contribution in [1.82, 2.24) is 10.3 Å². The third-order valence-electron chi connectivity index (χ3n) is 3.85. The van der Waals surface area contributed by atoms with E-state index in [1.165, 1.54) is 18.3 Å². The highest BCUT2D eigenvalue weighted by Gasteiger charge is 2.16. The van der Waals surface area contributed by atoms with Crippen LogP contribution < -0.4 is 10.0 Å². The Morgan fingerprint density at radius 1 is 1.07 bits per heavy atom. The van der Waals surface area contributed by atoms with Gasteiger partial charge in [-0.2, -0.15) is 0 Å². The van der Waals surface area contributed by atoms with Crippen molar-refractivity contribution in [2.75, 3.05) is 4.72 Å². The number of sulfonamides is 1. The van der Waals surface area contributed by atoms with E-state index in [-0.39, 0.29) is 10.8 Å². The summed E-state index contributed by atoms with van der Waals surface area (Å²) in [5, 5.41) is 4.85. The molecule has 0 fully saturated rings. The maximum absolute atomic E-state index is 12.5. The number of hydrogen-bond acceptors (Lipinski definition) is 5. The summed E-state index contributed by atoms with van der Waals surface area (Å²) in [4.78, 5) is 15.5. The van der Waals surface area contributed by atoms with Crippen LogP contribution >= 0.6 is 11.3 Å². The largest absolute Gasteiger partial charge is 0.352 e. The number of thiazole rings is 1. The van der Waals surface area contributed by atoms with Gasteiger partial charge in [-0.05, 0) is 24.6 Å². The number of rotatable bonds is 6. The maximum Gasteiger partial charge on any atom is 0.263 e. The van der Waals surface area contributed by atoms with E-state index in [4.69, 9.17) is 0 Å². The van der Waals surface area contributed by atoms with E-state index < -0.39 is 10.0 Å². The minimum absolute atomic E-state index is 0.0796. The second kappa shape index (κ2) is 7.89. The Labute approximate surface area is 162 Å². The lowest BCUT2D eigenvalue weighted by Gasteiger charge is -2.05. The third-order valence-corrected chi connectivity index (χ3v) is 6.09. The fraction of sp³-hybridized carbons (Fsp3) is 0.158. The zero-order valence-corrected chi connectivity index (χ0v) is 16.5. The van der Waals surface area contributed by atoms with Crippen LogP contribution in [0.2, 0.25) is 0 Å². The summed E-state index contributed by atoms with van der Waals surface area (Å²) in [7, 11) is -3.66. The normalized spacial score (nSPS) is 11.2. The summed E-state index contributed by atoms with van der Waals surface area (Å²) in [6, 6.07) is 14.2. The van der Waals surface area contributed by atoms with Gasteiger partial charge in [0.15, 0.2) is 5.13 Å². The van der Waals surface area contributed by atoms with Crippen LogP contribution in [0.4, 0.5) is 5.13 Å². The molecule has 0 aliphatic carbocycles. The first-order valence-corrected chi connectivity index (χ1v) is 10.6. The summed E-state index contributed by atoms with van der Waals surface area (Å²) in [5.74, 6) is -0.0796. The van der Waals surface area contributed by atoms with Crippen molar-refractivity contribution >= 4 is 32.4 Å². The minimum atomic E-state index is -3.66. The summed E-state index contributed by atoms with van der Waals surface area (Å²) in [6.07, 6.45) is 0. The molecule has 0 saturated heterocycles. The number of aryl methyl sites for hydroxylation is 1. The minimum Gasteiger partial charge on any atom is -0.352 e.